The van der Waals surface area contributed by atoms with Crippen molar-refractivity contribution in [3.63, 3.8) is 0 Å². The van der Waals surface area contributed by atoms with Gasteiger partial charge in [-0.3, -0.25) is 4.68 Å². The molecule has 2 aromatic heterocycles. The van der Waals surface area contributed by atoms with Crippen LogP contribution in [0.2, 0.25) is 0 Å². The van der Waals surface area contributed by atoms with Crippen molar-refractivity contribution < 1.29 is 9.53 Å². The Morgan fingerprint density at radius 2 is 1.86 bits per heavy atom. The Hall–Kier alpha value is -3.35. The molecule has 2 heterocycles. The van der Waals surface area contributed by atoms with Crippen molar-refractivity contribution in [1.29, 1.82) is 0 Å². The number of amides is 2. The second kappa shape index (κ2) is 9.55. The van der Waals surface area contributed by atoms with Crippen LogP contribution in [0.4, 0.5) is 4.79 Å². The highest BCUT2D eigenvalue weighted by atomic mass is 16.5. The third kappa shape index (κ3) is 5.84. The van der Waals surface area contributed by atoms with Crippen molar-refractivity contribution in [3.8, 4) is 5.88 Å². The second-order valence-corrected chi connectivity index (χ2v) is 6.68. The van der Waals surface area contributed by atoms with Gasteiger partial charge in [0.05, 0.1) is 12.6 Å². The van der Waals surface area contributed by atoms with Gasteiger partial charge in [0.2, 0.25) is 5.88 Å². The molecule has 3 aromatic rings. The zero-order valence-electron chi connectivity index (χ0n) is 16.1. The zero-order chi connectivity index (χ0) is 19.8. The van der Waals surface area contributed by atoms with E-state index in [0.29, 0.717) is 25.5 Å². The molecule has 0 atom stereocenters. The van der Waals surface area contributed by atoms with Gasteiger partial charge in [-0.25, -0.2) is 9.78 Å². The monoisotopic (exact) mass is 379 g/mol. The molecule has 0 aliphatic heterocycles. The summed E-state index contributed by atoms with van der Waals surface area (Å²) in [6, 6.07) is 13.4. The van der Waals surface area contributed by atoms with E-state index >= 15 is 0 Å². The van der Waals surface area contributed by atoms with E-state index in [0.717, 1.165) is 16.7 Å². The van der Waals surface area contributed by atoms with Crippen LogP contribution in [0.5, 0.6) is 5.88 Å². The van der Waals surface area contributed by atoms with E-state index in [-0.39, 0.29) is 12.1 Å². The first-order chi connectivity index (χ1) is 13.6. The van der Waals surface area contributed by atoms with E-state index in [1.165, 1.54) is 0 Å². The molecule has 28 heavy (non-hydrogen) atoms. The molecule has 0 spiro atoms. The summed E-state index contributed by atoms with van der Waals surface area (Å²) in [7, 11) is 0. The molecule has 7 nitrogen and oxygen atoms in total. The fraction of sp³-hybridized carbons (Fsp3) is 0.286. The number of rotatable bonds is 8. The number of aromatic nitrogens is 3. The first kappa shape index (κ1) is 19.4. The number of benzene rings is 1. The van der Waals surface area contributed by atoms with Crippen LogP contribution in [-0.4, -0.2) is 26.9 Å². The highest BCUT2D eigenvalue weighted by Crippen LogP contribution is 2.11. The highest BCUT2D eigenvalue weighted by Gasteiger charge is 2.06. The minimum atomic E-state index is -0.226. The Morgan fingerprint density at radius 1 is 1.07 bits per heavy atom. The van der Waals surface area contributed by atoms with Crippen LogP contribution in [0.25, 0.3) is 0 Å². The van der Waals surface area contributed by atoms with Gasteiger partial charge in [-0.1, -0.05) is 30.3 Å². The number of hydrogen-bond donors (Lipinski definition) is 2. The molecule has 3 rings (SSSR count). The number of ether oxygens (including phenoxy) is 1. The molecule has 0 radical (unpaired) electrons. The van der Waals surface area contributed by atoms with Crippen LogP contribution in [0.3, 0.4) is 0 Å². The van der Waals surface area contributed by atoms with Gasteiger partial charge in [0.1, 0.15) is 0 Å². The summed E-state index contributed by atoms with van der Waals surface area (Å²) in [6.45, 7) is 5.42. The van der Waals surface area contributed by atoms with Crippen molar-refractivity contribution in [2.45, 2.75) is 39.6 Å². The van der Waals surface area contributed by atoms with Crippen molar-refractivity contribution in [1.82, 2.24) is 25.4 Å². The van der Waals surface area contributed by atoms with Crippen molar-refractivity contribution >= 4 is 6.03 Å². The molecule has 0 saturated carbocycles. The summed E-state index contributed by atoms with van der Waals surface area (Å²) in [5.74, 6) is 0.581. The Morgan fingerprint density at radius 3 is 2.54 bits per heavy atom. The molecule has 0 aliphatic carbocycles. The Bertz CT molecular complexity index is 876. The number of hydrogen-bond acceptors (Lipinski definition) is 4. The zero-order valence-corrected chi connectivity index (χ0v) is 16.1. The van der Waals surface area contributed by atoms with Gasteiger partial charge < -0.3 is 15.4 Å². The summed E-state index contributed by atoms with van der Waals surface area (Å²) < 4.78 is 7.37. The molecule has 0 unspecified atom stereocenters. The van der Waals surface area contributed by atoms with Gasteiger partial charge in [0, 0.05) is 37.7 Å². The third-order valence-electron chi connectivity index (χ3n) is 4.06. The highest BCUT2D eigenvalue weighted by molar-refractivity contribution is 5.73. The molecule has 1 aromatic carbocycles. The molecule has 2 N–H and O–H groups in total. The van der Waals surface area contributed by atoms with Gasteiger partial charge in [0.15, 0.2) is 0 Å². The lowest BCUT2D eigenvalue weighted by molar-refractivity contribution is 0.232. The normalized spacial score (nSPS) is 10.7. The molecule has 7 heteroatoms. The Balaban J connectivity index is 1.48. The van der Waals surface area contributed by atoms with Crippen molar-refractivity contribution in [2.75, 3.05) is 0 Å². The van der Waals surface area contributed by atoms with Crippen LogP contribution >= 0.6 is 0 Å². The molecule has 0 saturated heterocycles. The topological polar surface area (TPSA) is 81.1 Å². The fourth-order valence-corrected chi connectivity index (χ4v) is 2.70. The summed E-state index contributed by atoms with van der Waals surface area (Å²) in [6.07, 6.45) is 5.46. The van der Waals surface area contributed by atoms with Gasteiger partial charge in [-0.05, 0) is 36.6 Å². The maximum atomic E-state index is 12.1. The summed E-state index contributed by atoms with van der Waals surface area (Å²) in [4.78, 5) is 16.4. The Labute approximate surface area is 164 Å². The average molecular weight is 379 g/mol. The van der Waals surface area contributed by atoms with E-state index in [9.17, 15) is 4.79 Å². The molecular formula is C21H25N5O2. The Kier molecular flexibility index (Phi) is 6.62. The van der Waals surface area contributed by atoms with Crippen molar-refractivity contribution in [2.24, 2.45) is 0 Å². The lowest BCUT2D eigenvalue weighted by Crippen LogP contribution is -2.34. The van der Waals surface area contributed by atoms with Crippen LogP contribution in [0.1, 0.15) is 30.5 Å². The number of nitrogens with one attached hydrogen (secondary N) is 2. The predicted molar refractivity (Wildman–Crippen MR) is 107 cm³/mol. The number of pyridine rings is 1. The van der Waals surface area contributed by atoms with Crippen LogP contribution in [-0.2, 0) is 19.6 Å². The summed E-state index contributed by atoms with van der Waals surface area (Å²) in [5.41, 5.74) is 3.09. The number of nitrogens with zero attached hydrogens (tertiary/aromatic N) is 3. The maximum absolute atomic E-state index is 12.1. The SMILES string of the molecule is CC(C)Oc1ccc(CNC(=O)NCc2ccccc2Cn2cccn2)cn1. The van der Waals surface area contributed by atoms with E-state index in [4.69, 9.17) is 4.74 Å². The van der Waals surface area contributed by atoms with Gasteiger partial charge in [-0.15, -0.1) is 0 Å². The van der Waals surface area contributed by atoms with Gasteiger partial charge >= 0.3 is 6.03 Å². The smallest absolute Gasteiger partial charge is 0.315 e. The lowest BCUT2D eigenvalue weighted by atomic mass is 10.1. The van der Waals surface area contributed by atoms with E-state index in [1.54, 1.807) is 18.5 Å². The van der Waals surface area contributed by atoms with E-state index in [2.05, 4.69) is 20.7 Å². The minimum absolute atomic E-state index is 0.0819. The number of carbonyl (C=O) groups excluding carboxylic acids is 1. The first-order valence-corrected chi connectivity index (χ1v) is 9.27. The fourth-order valence-electron chi connectivity index (χ4n) is 2.70. The standard InChI is InChI=1S/C21H25N5O2/c1-16(2)28-20-9-8-17(12-22-20)13-23-21(27)24-14-18-6-3-4-7-19(18)15-26-11-5-10-25-26/h3-12,16H,13-15H2,1-2H3,(H2,23,24,27). The van der Waals surface area contributed by atoms with E-state index < -0.39 is 0 Å². The molecular weight excluding hydrogens is 354 g/mol. The first-order valence-electron chi connectivity index (χ1n) is 9.27. The van der Waals surface area contributed by atoms with Gasteiger partial charge in [0.25, 0.3) is 0 Å². The average Bonchev–Trinajstić information content (AvgIpc) is 3.19. The second-order valence-electron chi connectivity index (χ2n) is 6.68. The molecule has 0 aliphatic rings. The predicted octanol–water partition coefficient (Wildman–Crippen LogP) is 3.11. The lowest BCUT2D eigenvalue weighted by Gasteiger charge is -2.12. The summed E-state index contributed by atoms with van der Waals surface area (Å²) >= 11 is 0. The molecule has 146 valence electrons. The third-order valence-corrected chi connectivity index (χ3v) is 4.06. The summed E-state index contributed by atoms with van der Waals surface area (Å²) in [5, 5.41) is 9.98. The minimum Gasteiger partial charge on any atom is -0.475 e. The van der Waals surface area contributed by atoms with Crippen LogP contribution in [0, 0.1) is 0 Å². The van der Waals surface area contributed by atoms with Crippen LogP contribution in [0.15, 0.2) is 61.1 Å². The van der Waals surface area contributed by atoms with Gasteiger partial charge in [-0.2, -0.15) is 5.10 Å². The molecule has 0 bridgehead atoms. The quantitative estimate of drug-likeness (QED) is 0.630. The number of urea groups is 1. The van der Waals surface area contributed by atoms with Crippen LogP contribution < -0.4 is 15.4 Å². The van der Waals surface area contributed by atoms with E-state index in [1.807, 2.05) is 61.1 Å². The largest absolute Gasteiger partial charge is 0.475 e. The molecule has 0 fully saturated rings. The maximum Gasteiger partial charge on any atom is 0.315 e. The van der Waals surface area contributed by atoms with Crippen molar-refractivity contribution in [3.05, 3.63) is 77.7 Å². The number of carbonyl (C=O) groups is 1. The molecule has 2 amide bonds.